The first-order chi connectivity index (χ1) is 8.58. The number of ether oxygens (including phenoxy) is 1. The molecule has 0 radical (unpaired) electrons. The van der Waals surface area contributed by atoms with Crippen molar-refractivity contribution in [3.05, 3.63) is 0 Å². The van der Waals surface area contributed by atoms with Crippen LogP contribution in [0.1, 0.15) is 51.9 Å². The van der Waals surface area contributed by atoms with Crippen LogP contribution >= 0.6 is 0 Å². The van der Waals surface area contributed by atoms with Gasteiger partial charge in [0.1, 0.15) is 11.9 Å². The summed E-state index contributed by atoms with van der Waals surface area (Å²) in [6, 6.07) is 0. The number of fused-ring (bicyclic) bond motifs is 1. The number of aliphatic hydroxyl groups excluding tert-OH is 1. The lowest BCUT2D eigenvalue weighted by Crippen LogP contribution is -2.24. The molecule has 18 heavy (non-hydrogen) atoms. The first kappa shape index (κ1) is 13.5. The Hall–Kier alpha value is -0.900. The Morgan fingerprint density at radius 1 is 1.11 bits per heavy atom. The van der Waals surface area contributed by atoms with Crippen LogP contribution in [0, 0.1) is 11.8 Å². The zero-order chi connectivity index (χ0) is 13.1. The van der Waals surface area contributed by atoms with E-state index in [9.17, 15) is 14.7 Å². The maximum atomic E-state index is 11.7. The lowest BCUT2D eigenvalue weighted by Gasteiger charge is -2.19. The van der Waals surface area contributed by atoms with Crippen molar-refractivity contribution in [2.45, 2.75) is 64.1 Å². The number of rotatable bonds is 5. The fourth-order valence-corrected chi connectivity index (χ4v) is 3.37. The molecule has 0 unspecified atom stereocenters. The van der Waals surface area contributed by atoms with Gasteiger partial charge in [0.2, 0.25) is 0 Å². The highest BCUT2D eigenvalue weighted by Crippen LogP contribution is 2.45. The molecule has 0 spiro atoms. The van der Waals surface area contributed by atoms with Crippen molar-refractivity contribution in [1.29, 1.82) is 0 Å². The van der Waals surface area contributed by atoms with Crippen molar-refractivity contribution >= 4 is 11.8 Å². The highest BCUT2D eigenvalue weighted by molar-refractivity contribution is 5.76. The van der Waals surface area contributed by atoms with Gasteiger partial charge in [0, 0.05) is 18.8 Å². The smallest absolute Gasteiger partial charge is 0.306 e. The molecule has 0 aromatic rings. The minimum absolute atomic E-state index is 0.00280. The van der Waals surface area contributed by atoms with E-state index in [1.807, 2.05) is 0 Å². The third kappa shape index (κ3) is 3.10. The summed E-state index contributed by atoms with van der Waals surface area (Å²) in [4.78, 5) is 22.4. The number of Topliss-reactive ketones (excluding diaryl/α,β-unsaturated/α-hetero) is 1. The minimum Gasteiger partial charge on any atom is -0.462 e. The van der Waals surface area contributed by atoms with Crippen molar-refractivity contribution in [2.24, 2.45) is 11.8 Å². The van der Waals surface area contributed by atoms with Crippen molar-refractivity contribution in [3.8, 4) is 0 Å². The van der Waals surface area contributed by atoms with Gasteiger partial charge < -0.3 is 14.6 Å². The van der Waals surface area contributed by atoms with Crippen molar-refractivity contribution < 1.29 is 19.4 Å². The second-order valence-electron chi connectivity index (χ2n) is 5.63. The number of aliphatic hydroxyl groups is 1. The van der Waals surface area contributed by atoms with E-state index >= 15 is 0 Å². The Kier molecular flexibility index (Phi) is 4.38. The van der Waals surface area contributed by atoms with Gasteiger partial charge in [-0.1, -0.05) is 0 Å². The van der Waals surface area contributed by atoms with Crippen LogP contribution in [-0.4, -0.2) is 29.1 Å². The quantitative estimate of drug-likeness (QED) is 0.760. The minimum atomic E-state index is -0.198. The predicted octanol–water partition coefficient (Wildman–Crippen LogP) is 1.84. The summed E-state index contributed by atoms with van der Waals surface area (Å²) < 4.78 is 5.49. The predicted molar refractivity (Wildman–Crippen MR) is 65.9 cm³/mol. The lowest BCUT2D eigenvalue weighted by molar-refractivity contribution is -0.151. The lowest BCUT2D eigenvalue weighted by atomic mass is 9.98. The van der Waals surface area contributed by atoms with E-state index < -0.39 is 0 Å². The van der Waals surface area contributed by atoms with Crippen LogP contribution in [0.25, 0.3) is 0 Å². The van der Waals surface area contributed by atoms with Crippen LogP contribution < -0.4 is 0 Å². The van der Waals surface area contributed by atoms with E-state index in [-0.39, 0.29) is 24.0 Å². The second-order valence-corrected chi connectivity index (χ2v) is 5.63. The van der Waals surface area contributed by atoms with Crippen LogP contribution in [-0.2, 0) is 14.3 Å². The molecule has 102 valence electrons. The summed E-state index contributed by atoms with van der Waals surface area (Å²) in [5.41, 5.74) is 0. The number of carbonyl (C=O) groups excluding carboxylic acids is 2. The molecular formula is C14H22O4. The summed E-state index contributed by atoms with van der Waals surface area (Å²) in [5, 5.41) is 9.78. The standard InChI is InChI=1S/C14H22O4/c1-9(15)3-2-4-14(17)18-13-8-6-10-11(13)5-7-12(10)16/h10-13,16H,2-8H2,1H3/t10-,11-,12+,13+/m0/s1. The van der Waals surface area contributed by atoms with E-state index in [1.54, 1.807) is 0 Å². The molecule has 0 saturated heterocycles. The van der Waals surface area contributed by atoms with E-state index in [0.29, 0.717) is 31.1 Å². The van der Waals surface area contributed by atoms with Gasteiger partial charge in [-0.05, 0) is 44.9 Å². The SMILES string of the molecule is CC(=O)CCCC(=O)O[C@@H]1CC[C@H]2[C@@H]1CC[C@H]2O. The Morgan fingerprint density at radius 2 is 1.83 bits per heavy atom. The topological polar surface area (TPSA) is 63.6 Å². The summed E-state index contributed by atoms with van der Waals surface area (Å²) in [6.07, 6.45) is 4.82. The van der Waals surface area contributed by atoms with E-state index in [2.05, 4.69) is 0 Å². The normalized spacial score (nSPS) is 34.3. The Bertz CT molecular complexity index is 326. The summed E-state index contributed by atoms with van der Waals surface area (Å²) >= 11 is 0. The van der Waals surface area contributed by atoms with E-state index in [4.69, 9.17) is 4.74 Å². The number of esters is 1. The fraction of sp³-hybridized carbons (Fsp3) is 0.857. The highest BCUT2D eigenvalue weighted by Gasteiger charge is 2.45. The van der Waals surface area contributed by atoms with Crippen LogP contribution in [0.3, 0.4) is 0 Å². The second kappa shape index (κ2) is 5.83. The van der Waals surface area contributed by atoms with E-state index in [0.717, 1.165) is 25.7 Å². The van der Waals surface area contributed by atoms with Crippen LogP contribution in [0.2, 0.25) is 0 Å². The Labute approximate surface area is 108 Å². The van der Waals surface area contributed by atoms with Crippen LogP contribution in [0.15, 0.2) is 0 Å². The molecule has 2 fully saturated rings. The molecule has 0 amide bonds. The first-order valence-electron chi connectivity index (χ1n) is 6.95. The zero-order valence-corrected chi connectivity index (χ0v) is 10.9. The van der Waals surface area contributed by atoms with E-state index in [1.165, 1.54) is 6.92 Å². The molecule has 0 aromatic heterocycles. The Morgan fingerprint density at radius 3 is 2.56 bits per heavy atom. The van der Waals surface area contributed by atoms with Gasteiger partial charge in [0.15, 0.2) is 0 Å². The van der Waals surface area contributed by atoms with Gasteiger partial charge in [-0.2, -0.15) is 0 Å². The molecule has 2 aliphatic rings. The van der Waals surface area contributed by atoms with Gasteiger partial charge in [-0.15, -0.1) is 0 Å². The third-order valence-electron chi connectivity index (χ3n) is 4.29. The summed E-state index contributed by atoms with van der Waals surface area (Å²) in [5.74, 6) is 0.614. The van der Waals surface area contributed by atoms with Crippen LogP contribution in [0.5, 0.6) is 0 Å². The van der Waals surface area contributed by atoms with Crippen molar-refractivity contribution in [2.75, 3.05) is 0 Å². The van der Waals surface area contributed by atoms with Crippen molar-refractivity contribution in [3.63, 3.8) is 0 Å². The maximum Gasteiger partial charge on any atom is 0.306 e. The molecule has 4 heteroatoms. The van der Waals surface area contributed by atoms with Gasteiger partial charge in [0.05, 0.1) is 6.10 Å². The monoisotopic (exact) mass is 254 g/mol. The number of hydrogen-bond acceptors (Lipinski definition) is 4. The molecule has 2 rings (SSSR count). The molecular weight excluding hydrogens is 232 g/mol. The number of hydrogen-bond donors (Lipinski definition) is 1. The van der Waals surface area contributed by atoms with Gasteiger partial charge in [-0.25, -0.2) is 0 Å². The molecule has 0 aliphatic heterocycles. The highest BCUT2D eigenvalue weighted by atomic mass is 16.5. The zero-order valence-electron chi connectivity index (χ0n) is 10.9. The molecule has 2 saturated carbocycles. The molecule has 0 bridgehead atoms. The molecule has 0 heterocycles. The largest absolute Gasteiger partial charge is 0.462 e. The molecule has 1 N–H and O–H groups in total. The molecule has 4 atom stereocenters. The number of ketones is 1. The first-order valence-corrected chi connectivity index (χ1v) is 6.95. The maximum absolute atomic E-state index is 11.7. The molecule has 4 nitrogen and oxygen atoms in total. The van der Waals surface area contributed by atoms with Gasteiger partial charge in [0.25, 0.3) is 0 Å². The molecule has 0 aromatic carbocycles. The average molecular weight is 254 g/mol. The summed E-state index contributed by atoms with van der Waals surface area (Å²) in [6.45, 7) is 1.53. The summed E-state index contributed by atoms with van der Waals surface area (Å²) in [7, 11) is 0. The Balaban J connectivity index is 1.73. The van der Waals surface area contributed by atoms with Gasteiger partial charge in [-0.3, -0.25) is 4.79 Å². The van der Waals surface area contributed by atoms with Crippen LogP contribution in [0.4, 0.5) is 0 Å². The van der Waals surface area contributed by atoms with Gasteiger partial charge >= 0.3 is 5.97 Å². The fourth-order valence-electron chi connectivity index (χ4n) is 3.37. The number of carbonyl (C=O) groups is 2. The molecule has 2 aliphatic carbocycles. The third-order valence-corrected chi connectivity index (χ3v) is 4.29. The average Bonchev–Trinajstić information content (AvgIpc) is 2.83. The van der Waals surface area contributed by atoms with Crippen molar-refractivity contribution in [1.82, 2.24) is 0 Å².